The van der Waals surface area contributed by atoms with E-state index in [1.165, 1.54) is 11.1 Å². The quantitative estimate of drug-likeness (QED) is 0.439. The van der Waals surface area contributed by atoms with E-state index in [2.05, 4.69) is 12.1 Å². The highest BCUT2D eigenvalue weighted by Gasteiger charge is 1.91. The van der Waals surface area contributed by atoms with Crippen molar-refractivity contribution in [1.29, 1.82) is 0 Å². The molecule has 0 N–H and O–H groups in total. The molecular formula is C17H23ClO2Si. The molecular weight excluding hydrogens is 300 g/mol. The normalized spacial score (nSPS) is 10.4. The van der Waals surface area contributed by atoms with Crippen molar-refractivity contribution in [1.82, 2.24) is 0 Å². The van der Waals surface area contributed by atoms with Gasteiger partial charge < -0.3 is 9.16 Å². The average molecular weight is 323 g/mol. The van der Waals surface area contributed by atoms with E-state index in [0.717, 1.165) is 18.5 Å². The highest BCUT2D eigenvalue weighted by molar-refractivity contribution is 6.31. The Morgan fingerprint density at radius 2 is 1.38 bits per heavy atom. The molecule has 21 heavy (non-hydrogen) atoms. The topological polar surface area (TPSA) is 18.5 Å². The number of rotatable bonds is 7. The third-order valence-electron chi connectivity index (χ3n) is 2.69. The molecule has 0 aliphatic carbocycles. The molecule has 2 aromatic rings. The van der Waals surface area contributed by atoms with Gasteiger partial charge in [0.1, 0.15) is 0 Å². The fourth-order valence-electron chi connectivity index (χ4n) is 1.66. The van der Waals surface area contributed by atoms with E-state index in [0.29, 0.717) is 6.61 Å². The largest absolute Gasteiger partial charge is 0.420 e. The van der Waals surface area contributed by atoms with Crippen LogP contribution >= 0.6 is 11.6 Å². The SMILES string of the molecule is COCc1ccccc1.ClCC[SiH2]OCc1ccccc1. The summed E-state index contributed by atoms with van der Waals surface area (Å²) in [5, 5.41) is 0. The predicted molar refractivity (Wildman–Crippen MR) is 92.5 cm³/mol. The lowest BCUT2D eigenvalue weighted by Gasteiger charge is -2.01. The van der Waals surface area contributed by atoms with Crippen LogP contribution in [0.4, 0.5) is 0 Å². The first-order valence-corrected chi connectivity index (χ1v) is 9.18. The average Bonchev–Trinajstić information content (AvgIpc) is 2.55. The van der Waals surface area contributed by atoms with Gasteiger partial charge in [0.25, 0.3) is 0 Å². The van der Waals surface area contributed by atoms with Crippen LogP contribution in [0.1, 0.15) is 11.1 Å². The maximum Gasteiger partial charge on any atom is 0.163 e. The standard InChI is InChI=1S/C9H13ClOSi.C8H10O/c10-6-7-12-11-8-9-4-2-1-3-5-9;1-9-7-8-5-3-2-4-6-8/h1-5H,6-8,12H2;2-6H,7H2,1H3. The van der Waals surface area contributed by atoms with Gasteiger partial charge in [-0.15, -0.1) is 11.6 Å². The van der Waals surface area contributed by atoms with Gasteiger partial charge in [-0.2, -0.15) is 0 Å². The lowest BCUT2D eigenvalue weighted by atomic mass is 10.2. The smallest absolute Gasteiger partial charge is 0.163 e. The molecule has 0 aromatic heterocycles. The van der Waals surface area contributed by atoms with Crippen LogP contribution in [-0.2, 0) is 22.4 Å². The number of halogens is 1. The maximum absolute atomic E-state index is 5.54. The molecule has 2 aromatic carbocycles. The summed E-state index contributed by atoms with van der Waals surface area (Å²) in [7, 11) is 1.34. The molecule has 2 nitrogen and oxygen atoms in total. The summed E-state index contributed by atoms with van der Waals surface area (Å²) < 4.78 is 10.4. The van der Waals surface area contributed by atoms with Crippen molar-refractivity contribution in [2.24, 2.45) is 0 Å². The lowest BCUT2D eigenvalue weighted by molar-refractivity contribution is 0.185. The van der Waals surface area contributed by atoms with Gasteiger partial charge in [-0.3, -0.25) is 0 Å². The molecule has 4 heteroatoms. The van der Waals surface area contributed by atoms with Gasteiger partial charge in [-0.05, 0) is 17.2 Å². The second kappa shape index (κ2) is 12.6. The van der Waals surface area contributed by atoms with Crippen LogP contribution in [-0.4, -0.2) is 22.8 Å². The van der Waals surface area contributed by atoms with E-state index < -0.39 is 0 Å². The van der Waals surface area contributed by atoms with Gasteiger partial charge in [0, 0.05) is 13.0 Å². The highest BCUT2D eigenvalue weighted by Crippen LogP contribution is 2.00. The lowest BCUT2D eigenvalue weighted by Crippen LogP contribution is -1.98. The van der Waals surface area contributed by atoms with Gasteiger partial charge in [0.05, 0.1) is 13.2 Å². The van der Waals surface area contributed by atoms with Crippen molar-refractivity contribution in [2.75, 3.05) is 13.0 Å². The fraction of sp³-hybridized carbons (Fsp3) is 0.294. The van der Waals surface area contributed by atoms with Gasteiger partial charge in [0.15, 0.2) is 9.76 Å². The van der Waals surface area contributed by atoms with Crippen LogP contribution in [0.3, 0.4) is 0 Å². The number of benzene rings is 2. The van der Waals surface area contributed by atoms with Crippen LogP contribution in [0.25, 0.3) is 0 Å². The first-order chi connectivity index (χ1) is 10.4. The van der Waals surface area contributed by atoms with Crippen molar-refractivity contribution in [3.8, 4) is 0 Å². The molecule has 0 aliphatic rings. The summed E-state index contributed by atoms with van der Waals surface area (Å²) in [5.74, 6) is 0.737. The van der Waals surface area contributed by atoms with Crippen LogP contribution in [0.2, 0.25) is 6.04 Å². The zero-order valence-electron chi connectivity index (χ0n) is 12.5. The molecule has 0 saturated carbocycles. The summed E-state index contributed by atoms with van der Waals surface area (Å²) in [6, 6.07) is 21.4. The van der Waals surface area contributed by atoms with Gasteiger partial charge in [-0.25, -0.2) is 0 Å². The Hall–Kier alpha value is -1.13. The molecule has 2 rings (SSSR count). The molecule has 0 atom stereocenters. The van der Waals surface area contributed by atoms with E-state index >= 15 is 0 Å². The summed E-state index contributed by atoms with van der Waals surface area (Å²) in [6.45, 7) is 1.46. The Labute approximate surface area is 135 Å². The molecule has 0 spiro atoms. The highest BCUT2D eigenvalue weighted by atomic mass is 35.5. The summed E-state index contributed by atoms with van der Waals surface area (Å²) in [5.41, 5.74) is 2.47. The predicted octanol–water partition coefficient (Wildman–Crippen LogP) is 3.78. The Kier molecular flexibility index (Phi) is 10.7. The molecule has 114 valence electrons. The third kappa shape index (κ3) is 9.42. The van der Waals surface area contributed by atoms with Crippen molar-refractivity contribution >= 4 is 21.4 Å². The first kappa shape index (κ1) is 17.9. The summed E-state index contributed by atoms with van der Waals surface area (Å²) in [6.07, 6.45) is 0. The Balaban J connectivity index is 0.000000219. The van der Waals surface area contributed by atoms with Crippen molar-refractivity contribution in [3.63, 3.8) is 0 Å². The van der Waals surface area contributed by atoms with E-state index in [1.807, 2.05) is 48.5 Å². The minimum atomic E-state index is -0.364. The number of methoxy groups -OCH3 is 1. The minimum Gasteiger partial charge on any atom is -0.420 e. The first-order valence-electron chi connectivity index (χ1n) is 7.07. The molecule has 0 bridgehead atoms. The Morgan fingerprint density at radius 3 is 1.86 bits per heavy atom. The Bertz CT molecular complexity index is 451. The number of ether oxygens (including phenoxy) is 1. The molecule has 0 heterocycles. The van der Waals surface area contributed by atoms with Gasteiger partial charge in [-0.1, -0.05) is 60.7 Å². The molecule has 0 unspecified atom stereocenters. The molecule has 0 radical (unpaired) electrons. The summed E-state index contributed by atoms with van der Waals surface area (Å²) >= 11 is 5.54. The van der Waals surface area contributed by atoms with E-state index in [1.54, 1.807) is 7.11 Å². The molecule has 0 aliphatic heterocycles. The maximum atomic E-state index is 5.54. The third-order valence-corrected chi connectivity index (χ3v) is 4.54. The van der Waals surface area contributed by atoms with E-state index in [4.69, 9.17) is 20.8 Å². The minimum absolute atomic E-state index is 0.364. The van der Waals surface area contributed by atoms with Crippen molar-refractivity contribution in [2.45, 2.75) is 19.3 Å². The summed E-state index contributed by atoms with van der Waals surface area (Å²) in [4.78, 5) is 0. The second-order valence-corrected chi connectivity index (χ2v) is 6.40. The zero-order chi connectivity index (χ0) is 15.2. The van der Waals surface area contributed by atoms with Crippen molar-refractivity contribution < 1.29 is 9.16 Å². The monoisotopic (exact) mass is 322 g/mol. The van der Waals surface area contributed by atoms with Gasteiger partial charge >= 0.3 is 0 Å². The van der Waals surface area contributed by atoms with Gasteiger partial charge in [0.2, 0.25) is 0 Å². The molecule has 0 saturated heterocycles. The van der Waals surface area contributed by atoms with Crippen LogP contribution in [0.15, 0.2) is 60.7 Å². The zero-order valence-corrected chi connectivity index (χ0v) is 14.7. The second-order valence-electron chi connectivity index (χ2n) is 4.50. The fourth-order valence-corrected chi connectivity index (χ4v) is 2.68. The van der Waals surface area contributed by atoms with Crippen LogP contribution in [0, 0.1) is 0 Å². The molecule has 0 fully saturated rings. The van der Waals surface area contributed by atoms with Crippen LogP contribution < -0.4 is 0 Å². The number of hydrogen-bond donors (Lipinski definition) is 0. The number of hydrogen-bond acceptors (Lipinski definition) is 2. The Morgan fingerprint density at radius 1 is 0.857 bits per heavy atom. The van der Waals surface area contributed by atoms with Crippen molar-refractivity contribution in [3.05, 3.63) is 71.8 Å². The van der Waals surface area contributed by atoms with E-state index in [9.17, 15) is 0 Å². The number of alkyl halides is 1. The van der Waals surface area contributed by atoms with E-state index in [-0.39, 0.29) is 9.76 Å². The molecule has 0 amide bonds. The van der Waals surface area contributed by atoms with Crippen LogP contribution in [0.5, 0.6) is 0 Å².